The van der Waals surface area contributed by atoms with Crippen molar-refractivity contribution in [2.75, 3.05) is 31.1 Å². The summed E-state index contributed by atoms with van der Waals surface area (Å²) in [5.74, 6) is 0. The second-order valence-electron chi connectivity index (χ2n) is 3.64. The summed E-state index contributed by atoms with van der Waals surface area (Å²) < 4.78 is 0. The Kier molecular flexibility index (Phi) is 2.99. The Morgan fingerprint density at radius 1 is 1.36 bits per heavy atom. The Hall–Kier alpha value is -1.09. The third-order valence-corrected chi connectivity index (χ3v) is 2.67. The molecule has 0 amide bonds. The number of nitrogens with zero attached hydrogens (tertiary/aromatic N) is 2. The van der Waals surface area contributed by atoms with Crippen LogP contribution in [0.15, 0.2) is 18.5 Å². The first-order chi connectivity index (χ1) is 6.90. The zero-order valence-electron chi connectivity index (χ0n) is 8.66. The van der Waals surface area contributed by atoms with Crippen molar-refractivity contribution in [3.63, 3.8) is 0 Å². The maximum absolute atomic E-state index is 4.27. The van der Waals surface area contributed by atoms with Gasteiger partial charge < -0.3 is 10.2 Å². The van der Waals surface area contributed by atoms with Crippen LogP contribution in [0.3, 0.4) is 0 Å². The van der Waals surface area contributed by atoms with Crippen LogP contribution < -0.4 is 10.2 Å². The number of nitrogens with one attached hydrogen (secondary N) is 1. The summed E-state index contributed by atoms with van der Waals surface area (Å²) >= 11 is 0. The number of aromatic nitrogens is 1. The quantitative estimate of drug-likeness (QED) is 0.757. The van der Waals surface area contributed by atoms with Crippen molar-refractivity contribution in [2.24, 2.45) is 0 Å². The van der Waals surface area contributed by atoms with Crippen molar-refractivity contribution in [1.82, 2.24) is 10.3 Å². The first-order valence-electron chi connectivity index (χ1n) is 5.29. The molecule has 2 rings (SSSR count). The molecule has 1 aromatic heterocycles. The molecule has 0 unspecified atom stereocenters. The Morgan fingerprint density at radius 2 is 2.14 bits per heavy atom. The molecule has 1 N–H and O–H groups in total. The molecule has 1 aliphatic heterocycles. The molecular weight excluding hydrogens is 174 g/mol. The van der Waals surface area contributed by atoms with E-state index in [1.807, 2.05) is 12.4 Å². The van der Waals surface area contributed by atoms with E-state index in [2.05, 4.69) is 28.2 Å². The summed E-state index contributed by atoms with van der Waals surface area (Å²) in [6.45, 7) is 6.51. The van der Waals surface area contributed by atoms with E-state index >= 15 is 0 Å². The van der Waals surface area contributed by atoms with E-state index in [0.29, 0.717) is 0 Å². The number of rotatable bonds is 2. The lowest BCUT2D eigenvalue weighted by Crippen LogP contribution is -2.43. The van der Waals surface area contributed by atoms with Gasteiger partial charge in [0.15, 0.2) is 0 Å². The maximum Gasteiger partial charge on any atom is 0.0556 e. The molecule has 0 saturated carbocycles. The fraction of sp³-hybridized carbons (Fsp3) is 0.545. The number of anilines is 1. The van der Waals surface area contributed by atoms with Crippen LogP contribution in [0.4, 0.5) is 5.69 Å². The van der Waals surface area contributed by atoms with Crippen LogP contribution in [-0.4, -0.2) is 31.2 Å². The van der Waals surface area contributed by atoms with Gasteiger partial charge in [0.05, 0.1) is 11.9 Å². The van der Waals surface area contributed by atoms with E-state index in [9.17, 15) is 0 Å². The molecule has 1 fully saturated rings. The van der Waals surface area contributed by atoms with Crippen LogP contribution in [0.2, 0.25) is 0 Å². The molecule has 0 bridgehead atoms. The van der Waals surface area contributed by atoms with E-state index in [1.165, 1.54) is 11.3 Å². The summed E-state index contributed by atoms with van der Waals surface area (Å²) in [6.07, 6.45) is 4.98. The predicted octanol–water partition coefficient (Wildman–Crippen LogP) is 1.05. The zero-order valence-corrected chi connectivity index (χ0v) is 8.66. The standard InChI is InChI=1S/C11H17N3/c1-2-10-7-11(9-13-8-10)14-5-3-12-4-6-14/h7-9,12H,2-6H2,1H3. The third-order valence-electron chi connectivity index (χ3n) is 2.67. The number of pyridine rings is 1. The van der Waals surface area contributed by atoms with Crippen LogP contribution >= 0.6 is 0 Å². The van der Waals surface area contributed by atoms with Gasteiger partial charge in [0.25, 0.3) is 0 Å². The van der Waals surface area contributed by atoms with Crippen molar-refractivity contribution in [3.05, 3.63) is 24.0 Å². The largest absolute Gasteiger partial charge is 0.368 e. The van der Waals surface area contributed by atoms with Gasteiger partial charge in [-0.25, -0.2) is 0 Å². The lowest BCUT2D eigenvalue weighted by molar-refractivity contribution is 0.588. The minimum atomic E-state index is 1.06. The third kappa shape index (κ3) is 2.04. The van der Waals surface area contributed by atoms with Crippen LogP contribution in [0.1, 0.15) is 12.5 Å². The molecule has 0 aromatic carbocycles. The summed E-state index contributed by atoms with van der Waals surface area (Å²) in [5.41, 5.74) is 2.59. The van der Waals surface area contributed by atoms with Crippen LogP contribution in [0.5, 0.6) is 0 Å². The SMILES string of the molecule is CCc1cncc(N2CCNCC2)c1. The van der Waals surface area contributed by atoms with Crippen molar-refractivity contribution < 1.29 is 0 Å². The van der Waals surface area contributed by atoms with Crippen LogP contribution in [-0.2, 0) is 6.42 Å². The average molecular weight is 191 g/mol. The predicted molar refractivity (Wildman–Crippen MR) is 58.7 cm³/mol. The molecule has 0 radical (unpaired) electrons. The highest BCUT2D eigenvalue weighted by atomic mass is 15.2. The molecule has 2 heterocycles. The van der Waals surface area contributed by atoms with Crippen LogP contribution in [0.25, 0.3) is 0 Å². The van der Waals surface area contributed by atoms with Gasteiger partial charge in [0.1, 0.15) is 0 Å². The molecule has 76 valence electrons. The minimum Gasteiger partial charge on any atom is -0.368 e. The van der Waals surface area contributed by atoms with Crippen molar-refractivity contribution in [3.8, 4) is 0 Å². The highest BCUT2D eigenvalue weighted by Crippen LogP contribution is 2.15. The van der Waals surface area contributed by atoms with E-state index in [1.54, 1.807) is 0 Å². The van der Waals surface area contributed by atoms with E-state index in [0.717, 1.165) is 32.6 Å². The summed E-state index contributed by atoms with van der Waals surface area (Å²) in [6, 6.07) is 2.25. The smallest absolute Gasteiger partial charge is 0.0556 e. The summed E-state index contributed by atoms with van der Waals surface area (Å²) in [7, 11) is 0. The van der Waals surface area contributed by atoms with E-state index in [-0.39, 0.29) is 0 Å². The Labute approximate surface area is 85.1 Å². The number of piperazine rings is 1. The molecule has 14 heavy (non-hydrogen) atoms. The monoisotopic (exact) mass is 191 g/mol. The highest BCUT2D eigenvalue weighted by Gasteiger charge is 2.10. The molecular formula is C11H17N3. The molecule has 0 aliphatic carbocycles. The summed E-state index contributed by atoms with van der Waals surface area (Å²) in [4.78, 5) is 6.66. The van der Waals surface area contributed by atoms with Gasteiger partial charge in [-0.1, -0.05) is 6.92 Å². The van der Waals surface area contributed by atoms with Crippen LogP contribution in [0, 0.1) is 0 Å². The normalized spacial score (nSPS) is 17.1. The summed E-state index contributed by atoms with van der Waals surface area (Å²) in [5, 5.41) is 3.35. The zero-order chi connectivity index (χ0) is 9.80. The van der Waals surface area contributed by atoms with Crippen molar-refractivity contribution in [1.29, 1.82) is 0 Å². The number of hydrogen-bond donors (Lipinski definition) is 1. The average Bonchev–Trinajstić information content (AvgIpc) is 2.30. The molecule has 3 heteroatoms. The second-order valence-corrected chi connectivity index (χ2v) is 3.64. The van der Waals surface area contributed by atoms with Gasteiger partial charge in [0, 0.05) is 32.4 Å². The maximum atomic E-state index is 4.27. The number of aryl methyl sites for hydroxylation is 1. The van der Waals surface area contributed by atoms with Crippen molar-refractivity contribution in [2.45, 2.75) is 13.3 Å². The van der Waals surface area contributed by atoms with Gasteiger partial charge >= 0.3 is 0 Å². The van der Waals surface area contributed by atoms with Gasteiger partial charge in [-0.2, -0.15) is 0 Å². The molecule has 3 nitrogen and oxygen atoms in total. The fourth-order valence-corrected chi connectivity index (χ4v) is 1.76. The number of hydrogen-bond acceptors (Lipinski definition) is 3. The Morgan fingerprint density at radius 3 is 2.86 bits per heavy atom. The second kappa shape index (κ2) is 4.42. The Bertz CT molecular complexity index is 292. The van der Waals surface area contributed by atoms with Gasteiger partial charge in [-0.3, -0.25) is 4.98 Å². The first kappa shape index (κ1) is 9.46. The fourth-order valence-electron chi connectivity index (χ4n) is 1.76. The lowest BCUT2D eigenvalue weighted by Gasteiger charge is -2.29. The molecule has 1 aromatic rings. The molecule has 1 saturated heterocycles. The van der Waals surface area contributed by atoms with Gasteiger partial charge in [-0.05, 0) is 18.1 Å². The van der Waals surface area contributed by atoms with Gasteiger partial charge in [-0.15, -0.1) is 0 Å². The topological polar surface area (TPSA) is 28.2 Å². The highest BCUT2D eigenvalue weighted by molar-refractivity contribution is 5.46. The van der Waals surface area contributed by atoms with E-state index in [4.69, 9.17) is 0 Å². The van der Waals surface area contributed by atoms with Gasteiger partial charge in [0.2, 0.25) is 0 Å². The lowest BCUT2D eigenvalue weighted by atomic mass is 10.2. The Balaban J connectivity index is 2.13. The van der Waals surface area contributed by atoms with Crippen molar-refractivity contribution >= 4 is 5.69 Å². The minimum absolute atomic E-state index is 1.06. The first-order valence-corrected chi connectivity index (χ1v) is 5.29. The molecule has 0 atom stereocenters. The van der Waals surface area contributed by atoms with E-state index < -0.39 is 0 Å². The molecule has 1 aliphatic rings. The molecule has 0 spiro atoms.